The maximum atomic E-state index is 2.89. The Balaban J connectivity index is -0.000000154. The summed E-state index contributed by atoms with van der Waals surface area (Å²) in [6, 6.07) is 41.7. The summed E-state index contributed by atoms with van der Waals surface area (Å²) in [5, 5.41) is 2.62. The molecular formula is C30H42Y-2. The van der Waals surface area contributed by atoms with E-state index in [-0.39, 0.29) is 32.7 Å². The van der Waals surface area contributed by atoms with Crippen LogP contribution >= 0.6 is 0 Å². The van der Waals surface area contributed by atoms with Gasteiger partial charge in [-0.2, -0.15) is 72.8 Å². The van der Waals surface area contributed by atoms with Crippen molar-refractivity contribution in [2.45, 2.75) is 55.4 Å². The van der Waals surface area contributed by atoms with Crippen molar-refractivity contribution in [3.63, 3.8) is 0 Å². The van der Waals surface area contributed by atoms with E-state index in [1.165, 1.54) is 10.8 Å². The molecule has 4 rings (SSSR count). The topological polar surface area (TPSA) is 0 Å². The Kier molecular flexibility index (Phi) is 42.1. The molecule has 0 nitrogen and oxygen atoms in total. The van der Waals surface area contributed by atoms with Crippen LogP contribution in [0.2, 0.25) is 0 Å². The summed E-state index contributed by atoms with van der Waals surface area (Å²) in [7, 11) is 0. The van der Waals surface area contributed by atoms with Crippen molar-refractivity contribution >= 4 is 10.8 Å². The number of fused-ring (bicyclic) bond motifs is 1. The number of hydrogen-bond donors (Lipinski definition) is 0. The smallest absolute Gasteiger partial charge is 0 e. The first-order valence-electron chi connectivity index (χ1n) is 11.2. The van der Waals surface area contributed by atoms with Gasteiger partial charge in [0.1, 0.15) is 0 Å². The average molecular weight is 492 g/mol. The molecule has 0 N–H and O–H groups in total. The Labute approximate surface area is 219 Å². The molecule has 0 aliphatic carbocycles. The molecule has 0 aliphatic heterocycles. The van der Waals surface area contributed by atoms with Gasteiger partial charge in [0.15, 0.2) is 0 Å². The zero-order valence-electron chi connectivity index (χ0n) is 21.0. The molecule has 4 aromatic rings. The molecule has 0 saturated heterocycles. The maximum Gasteiger partial charge on any atom is 0 e. The Hall–Kier alpha value is -1.76. The molecule has 0 fully saturated rings. The second kappa shape index (κ2) is 35.7. The van der Waals surface area contributed by atoms with Gasteiger partial charge in [0, 0.05) is 32.7 Å². The molecule has 0 bridgehead atoms. The van der Waals surface area contributed by atoms with Gasteiger partial charge in [-0.25, -0.2) is 0 Å². The van der Waals surface area contributed by atoms with E-state index in [0.717, 1.165) is 0 Å². The Morgan fingerprint density at radius 1 is 0.355 bits per heavy atom. The van der Waals surface area contributed by atoms with Crippen LogP contribution in [-0.2, 0) is 32.7 Å². The third-order valence-corrected chi connectivity index (χ3v) is 2.87. The van der Waals surface area contributed by atoms with Crippen LogP contribution in [0.3, 0.4) is 0 Å². The molecule has 167 valence electrons. The van der Waals surface area contributed by atoms with Crippen molar-refractivity contribution in [2.24, 2.45) is 0 Å². The van der Waals surface area contributed by atoms with Gasteiger partial charge in [-0.3, -0.25) is 0 Å². The monoisotopic (exact) mass is 491 g/mol. The molecule has 0 unspecified atom stereocenters. The van der Waals surface area contributed by atoms with Crippen molar-refractivity contribution in [1.29, 1.82) is 0 Å². The standard InChI is InChI=1S/C10H8.2C6H5.4C2H6.Y/c1-2-6-10-8-4-3-7-9(10)5-1;2*1-2-4-6-5-3-1;4*1-2;/h1-8H;2*1-5H;4*1-2H3;/q;2*-1;;;;;. The molecule has 4 aromatic carbocycles. The molecule has 1 radical (unpaired) electrons. The fourth-order valence-electron chi connectivity index (χ4n) is 1.82. The Bertz CT molecular complexity index is 587. The van der Waals surface area contributed by atoms with Crippen molar-refractivity contribution < 1.29 is 32.7 Å². The third kappa shape index (κ3) is 24.4. The maximum absolute atomic E-state index is 2.89. The molecule has 0 aliphatic rings. The SMILES string of the molecule is CC.CC.CC.CC.[Y].[c-]1ccccc1.[c-]1ccccc1.c1ccc2ccccc2c1. The van der Waals surface area contributed by atoms with Crippen LogP contribution in [0.4, 0.5) is 0 Å². The summed E-state index contributed by atoms with van der Waals surface area (Å²) in [6.45, 7) is 16.0. The minimum absolute atomic E-state index is 0. The second-order valence-electron chi connectivity index (χ2n) is 4.50. The first kappa shape index (κ1) is 36.6. The molecule has 31 heavy (non-hydrogen) atoms. The average Bonchev–Trinajstić information content (AvgIpc) is 2.92. The van der Waals surface area contributed by atoms with E-state index in [4.69, 9.17) is 0 Å². The van der Waals surface area contributed by atoms with Gasteiger partial charge in [-0.15, -0.1) is 0 Å². The molecule has 0 spiro atoms. The van der Waals surface area contributed by atoms with E-state index >= 15 is 0 Å². The largest absolute Gasteiger partial charge is 0.184 e. The molecule has 0 atom stereocenters. The first-order chi connectivity index (χ1) is 15.0. The number of hydrogen-bond acceptors (Lipinski definition) is 0. The van der Waals surface area contributed by atoms with Crippen LogP contribution in [0, 0.1) is 12.1 Å². The molecule has 0 amide bonds. The van der Waals surface area contributed by atoms with Gasteiger partial charge >= 0.3 is 0 Å². The summed E-state index contributed by atoms with van der Waals surface area (Å²) in [5.41, 5.74) is 0. The van der Waals surface area contributed by atoms with E-state index in [1.807, 2.05) is 116 Å². The van der Waals surface area contributed by atoms with Gasteiger partial charge in [0.05, 0.1) is 0 Å². The normalized spacial score (nSPS) is 7.10. The van der Waals surface area contributed by atoms with E-state index in [0.29, 0.717) is 0 Å². The van der Waals surface area contributed by atoms with Crippen LogP contribution in [0.25, 0.3) is 10.8 Å². The van der Waals surface area contributed by atoms with Crippen molar-refractivity contribution in [3.05, 3.63) is 121 Å². The van der Waals surface area contributed by atoms with E-state index in [2.05, 4.69) is 60.7 Å². The van der Waals surface area contributed by atoms with Crippen LogP contribution < -0.4 is 0 Å². The summed E-state index contributed by atoms with van der Waals surface area (Å²) in [4.78, 5) is 0. The van der Waals surface area contributed by atoms with E-state index < -0.39 is 0 Å². The predicted octanol–water partition coefficient (Wildman–Crippen LogP) is 9.92. The van der Waals surface area contributed by atoms with Crippen molar-refractivity contribution in [2.75, 3.05) is 0 Å². The minimum Gasteiger partial charge on any atom is -0.184 e. The zero-order chi connectivity index (χ0) is 23.3. The van der Waals surface area contributed by atoms with Gasteiger partial charge in [0.2, 0.25) is 0 Å². The summed E-state index contributed by atoms with van der Waals surface area (Å²) < 4.78 is 0. The van der Waals surface area contributed by atoms with Crippen LogP contribution in [0.1, 0.15) is 55.4 Å². The quantitative estimate of drug-likeness (QED) is 0.215. The third-order valence-electron chi connectivity index (χ3n) is 2.87. The summed E-state index contributed by atoms with van der Waals surface area (Å²) in [6.07, 6.45) is 0. The Morgan fingerprint density at radius 2 is 0.581 bits per heavy atom. The van der Waals surface area contributed by atoms with E-state index in [1.54, 1.807) is 0 Å². The predicted molar refractivity (Wildman–Crippen MR) is 140 cm³/mol. The van der Waals surface area contributed by atoms with Crippen molar-refractivity contribution in [3.8, 4) is 0 Å². The Morgan fingerprint density at radius 3 is 0.710 bits per heavy atom. The molecule has 1 heteroatoms. The van der Waals surface area contributed by atoms with Crippen molar-refractivity contribution in [1.82, 2.24) is 0 Å². The van der Waals surface area contributed by atoms with Crippen LogP contribution in [0.5, 0.6) is 0 Å². The van der Waals surface area contributed by atoms with Gasteiger partial charge < -0.3 is 0 Å². The zero-order valence-corrected chi connectivity index (χ0v) is 23.8. The fourth-order valence-corrected chi connectivity index (χ4v) is 1.82. The number of benzene rings is 4. The van der Waals surface area contributed by atoms with Gasteiger partial charge in [0.25, 0.3) is 0 Å². The molecule has 0 heterocycles. The number of rotatable bonds is 0. The van der Waals surface area contributed by atoms with E-state index in [9.17, 15) is 0 Å². The molecular weight excluding hydrogens is 449 g/mol. The summed E-state index contributed by atoms with van der Waals surface area (Å²) >= 11 is 0. The van der Waals surface area contributed by atoms with Gasteiger partial charge in [-0.1, -0.05) is 104 Å². The van der Waals surface area contributed by atoms with Crippen LogP contribution in [-0.4, -0.2) is 0 Å². The fraction of sp³-hybridized carbons (Fsp3) is 0.267. The molecule has 0 saturated carbocycles. The second-order valence-corrected chi connectivity index (χ2v) is 4.50. The van der Waals surface area contributed by atoms with Gasteiger partial charge in [-0.05, 0) is 10.8 Å². The summed E-state index contributed by atoms with van der Waals surface area (Å²) in [5.74, 6) is 0. The van der Waals surface area contributed by atoms with Crippen LogP contribution in [0.15, 0.2) is 109 Å². The first-order valence-corrected chi connectivity index (χ1v) is 11.2. The minimum atomic E-state index is 0. The molecule has 0 aromatic heterocycles.